The highest BCUT2D eigenvalue weighted by atomic mass is 16.1. The Morgan fingerprint density at radius 2 is 1.76 bits per heavy atom. The van der Waals surface area contributed by atoms with Crippen molar-refractivity contribution in [2.75, 3.05) is 18.5 Å². The third-order valence-electron chi connectivity index (χ3n) is 3.54. The van der Waals surface area contributed by atoms with Crippen LogP contribution in [0.2, 0.25) is 0 Å². The van der Waals surface area contributed by atoms with E-state index in [0.717, 1.165) is 18.5 Å². The number of aromatic nitrogens is 2. The summed E-state index contributed by atoms with van der Waals surface area (Å²) >= 11 is 0. The first-order valence-corrected chi connectivity index (χ1v) is 6.98. The molecule has 3 rings (SSSR count). The second-order valence-corrected chi connectivity index (χ2v) is 5.06. The summed E-state index contributed by atoms with van der Waals surface area (Å²) in [6.07, 6.45) is 0.911. The lowest BCUT2D eigenvalue weighted by atomic mass is 10.1. The second-order valence-electron chi connectivity index (χ2n) is 5.06. The Bertz CT molecular complexity index is 796. The van der Waals surface area contributed by atoms with Crippen LogP contribution < -0.4 is 10.5 Å². The smallest absolute Gasteiger partial charge is 0.260 e. The van der Waals surface area contributed by atoms with E-state index in [0.29, 0.717) is 11.3 Å². The number of aromatic amines is 1. The predicted molar refractivity (Wildman–Crippen MR) is 85.8 cm³/mol. The summed E-state index contributed by atoms with van der Waals surface area (Å²) in [5, 5.41) is 0.623. The van der Waals surface area contributed by atoms with Crippen LogP contribution >= 0.6 is 0 Å². The van der Waals surface area contributed by atoms with Crippen molar-refractivity contribution >= 4 is 16.9 Å². The highest BCUT2D eigenvalue weighted by Crippen LogP contribution is 2.11. The number of nitrogens with one attached hydrogen (secondary N) is 1. The lowest BCUT2D eigenvalue weighted by Gasteiger charge is -2.17. The van der Waals surface area contributed by atoms with Crippen molar-refractivity contribution in [3.8, 4) is 0 Å². The van der Waals surface area contributed by atoms with E-state index < -0.39 is 0 Å². The molecule has 0 atom stereocenters. The van der Waals surface area contributed by atoms with Gasteiger partial charge in [0.05, 0.1) is 10.9 Å². The molecule has 3 aromatic rings. The molecule has 0 saturated carbocycles. The molecule has 21 heavy (non-hydrogen) atoms. The normalized spacial score (nSPS) is 10.7. The van der Waals surface area contributed by atoms with Gasteiger partial charge in [0.1, 0.15) is 0 Å². The van der Waals surface area contributed by atoms with Gasteiger partial charge in [0, 0.05) is 13.6 Å². The number of H-pyrrole nitrogens is 1. The lowest BCUT2D eigenvalue weighted by molar-refractivity contribution is 0.839. The summed E-state index contributed by atoms with van der Waals surface area (Å²) in [7, 11) is 1.94. The Morgan fingerprint density at radius 1 is 1.05 bits per heavy atom. The van der Waals surface area contributed by atoms with Gasteiger partial charge in [-0.2, -0.15) is 0 Å². The average Bonchev–Trinajstić information content (AvgIpc) is 2.53. The van der Waals surface area contributed by atoms with Gasteiger partial charge in [0.25, 0.3) is 5.56 Å². The predicted octanol–water partition coefficient (Wildman–Crippen LogP) is 2.60. The fourth-order valence-corrected chi connectivity index (χ4v) is 2.30. The number of fused-ring (bicyclic) bond motifs is 1. The van der Waals surface area contributed by atoms with Gasteiger partial charge in [-0.05, 0) is 24.1 Å². The molecule has 1 N–H and O–H groups in total. The molecule has 4 nitrogen and oxygen atoms in total. The van der Waals surface area contributed by atoms with Crippen LogP contribution in [0.5, 0.6) is 0 Å². The Hall–Kier alpha value is -2.62. The lowest BCUT2D eigenvalue weighted by Crippen LogP contribution is -2.25. The number of nitrogens with zero attached hydrogens (tertiary/aromatic N) is 2. The molecule has 0 saturated heterocycles. The molecule has 0 aliphatic rings. The van der Waals surface area contributed by atoms with Crippen molar-refractivity contribution < 1.29 is 0 Å². The van der Waals surface area contributed by atoms with Crippen LogP contribution in [0, 0.1) is 0 Å². The molecule has 1 heterocycles. The zero-order chi connectivity index (χ0) is 14.7. The molecule has 0 fully saturated rings. The van der Waals surface area contributed by atoms with E-state index in [9.17, 15) is 4.79 Å². The van der Waals surface area contributed by atoms with E-state index >= 15 is 0 Å². The van der Waals surface area contributed by atoms with Crippen molar-refractivity contribution in [1.29, 1.82) is 0 Å². The molecule has 0 bridgehead atoms. The molecule has 0 unspecified atom stereocenters. The SMILES string of the molecule is CN(CCc1ccccc1)c1nc2ccccc2c(=O)[nH]1. The second kappa shape index (κ2) is 5.79. The molecule has 0 aliphatic heterocycles. The van der Waals surface area contributed by atoms with Gasteiger partial charge < -0.3 is 4.90 Å². The summed E-state index contributed by atoms with van der Waals surface area (Å²) < 4.78 is 0. The molecule has 0 spiro atoms. The minimum Gasteiger partial charge on any atom is -0.345 e. The minimum absolute atomic E-state index is 0.0952. The van der Waals surface area contributed by atoms with Gasteiger partial charge in [-0.3, -0.25) is 9.78 Å². The molecular weight excluding hydrogens is 262 g/mol. The van der Waals surface area contributed by atoms with E-state index in [1.165, 1.54) is 5.56 Å². The minimum atomic E-state index is -0.0952. The molecule has 2 aromatic carbocycles. The zero-order valence-corrected chi connectivity index (χ0v) is 11.9. The number of benzene rings is 2. The fourth-order valence-electron chi connectivity index (χ4n) is 2.30. The number of anilines is 1. The number of likely N-dealkylation sites (N-methyl/N-ethyl adjacent to an activating group) is 1. The average molecular weight is 279 g/mol. The standard InChI is InChI=1S/C17H17N3O/c1-20(12-11-13-7-3-2-4-8-13)17-18-15-10-6-5-9-14(15)16(21)19-17/h2-10H,11-12H2,1H3,(H,18,19,21). The number of hydrogen-bond acceptors (Lipinski definition) is 3. The Labute approximate surface area is 123 Å². The summed E-state index contributed by atoms with van der Waals surface area (Å²) in [6, 6.07) is 17.7. The van der Waals surface area contributed by atoms with Crippen LogP contribution in [-0.2, 0) is 6.42 Å². The number of para-hydroxylation sites is 1. The van der Waals surface area contributed by atoms with E-state index in [-0.39, 0.29) is 5.56 Å². The zero-order valence-electron chi connectivity index (χ0n) is 11.9. The van der Waals surface area contributed by atoms with Crippen LogP contribution in [0.1, 0.15) is 5.56 Å². The third-order valence-corrected chi connectivity index (χ3v) is 3.54. The summed E-state index contributed by atoms with van der Waals surface area (Å²) in [6.45, 7) is 0.797. The number of hydrogen-bond donors (Lipinski definition) is 1. The first-order chi connectivity index (χ1) is 10.2. The molecule has 0 amide bonds. The maximum absolute atomic E-state index is 12.1. The molecule has 106 valence electrons. The van der Waals surface area contributed by atoms with Gasteiger partial charge >= 0.3 is 0 Å². The Balaban J connectivity index is 1.81. The highest BCUT2D eigenvalue weighted by Gasteiger charge is 2.07. The summed E-state index contributed by atoms with van der Waals surface area (Å²) in [5.41, 5.74) is 1.90. The van der Waals surface area contributed by atoms with Crippen LogP contribution in [0.15, 0.2) is 59.4 Å². The molecular formula is C17H17N3O. The van der Waals surface area contributed by atoms with E-state index in [1.807, 2.05) is 48.3 Å². The first-order valence-electron chi connectivity index (χ1n) is 6.98. The largest absolute Gasteiger partial charge is 0.345 e. The fraction of sp³-hybridized carbons (Fsp3) is 0.176. The van der Waals surface area contributed by atoms with Gasteiger partial charge in [-0.1, -0.05) is 42.5 Å². The topological polar surface area (TPSA) is 49.0 Å². The number of rotatable bonds is 4. The van der Waals surface area contributed by atoms with Crippen LogP contribution in [0.3, 0.4) is 0 Å². The molecule has 0 radical (unpaired) electrons. The van der Waals surface area contributed by atoms with Crippen molar-refractivity contribution in [1.82, 2.24) is 9.97 Å². The molecule has 1 aromatic heterocycles. The van der Waals surface area contributed by atoms with Crippen molar-refractivity contribution in [2.24, 2.45) is 0 Å². The summed E-state index contributed by atoms with van der Waals surface area (Å²) in [5.74, 6) is 0.606. The van der Waals surface area contributed by atoms with Crippen LogP contribution in [-0.4, -0.2) is 23.6 Å². The van der Waals surface area contributed by atoms with Crippen LogP contribution in [0.4, 0.5) is 5.95 Å². The summed E-state index contributed by atoms with van der Waals surface area (Å²) in [4.78, 5) is 21.4. The highest BCUT2D eigenvalue weighted by molar-refractivity contribution is 5.78. The first kappa shape index (κ1) is 13.4. The van der Waals surface area contributed by atoms with Crippen molar-refractivity contribution in [3.05, 3.63) is 70.5 Å². The Morgan fingerprint density at radius 3 is 2.57 bits per heavy atom. The van der Waals surface area contributed by atoms with E-state index in [1.54, 1.807) is 6.07 Å². The monoisotopic (exact) mass is 279 g/mol. The van der Waals surface area contributed by atoms with Crippen molar-refractivity contribution in [3.63, 3.8) is 0 Å². The maximum atomic E-state index is 12.1. The van der Waals surface area contributed by atoms with Gasteiger partial charge in [-0.25, -0.2) is 4.98 Å². The van der Waals surface area contributed by atoms with Gasteiger partial charge in [-0.15, -0.1) is 0 Å². The van der Waals surface area contributed by atoms with Gasteiger partial charge in [0.2, 0.25) is 5.95 Å². The third kappa shape index (κ3) is 2.94. The maximum Gasteiger partial charge on any atom is 0.260 e. The van der Waals surface area contributed by atoms with E-state index in [4.69, 9.17) is 0 Å². The quantitative estimate of drug-likeness (QED) is 0.798. The Kier molecular flexibility index (Phi) is 3.69. The van der Waals surface area contributed by atoms with Gasteiger partial charge in [0.15, 0.2) is 0 Å². The molecule has 4 heteroatoms. The van der Waals surface area contributed by atoms with E-state index in [2.05, 4.69) is 22.1 Å². The van der Waals surface area contributed by atoms with Crippen LogP contribution in [0.25, 0.3) is 10.9 Å². The van der Waals surface area contributed by atoms with Crippen molar-refractivity contribution in [2.45, 2.75) is 6.42 Å². The molecule has 0 aliphatic carbocycles.